The van der Waals surface area contributed by atoms with Crippen molar-refractivity contribution in [2.24, 2.45) is 0 Å². The summed E-state index contributed by atoms with van der Waals surface area (Å²) < 4.78 is 5.24. The van der Waals surface area contributed by atoms with E-state index in [-0.39, 0.29) is 34.2 Å². The highest BCUT2D eigenvalue weighted by Gasteiger charge is 2.23. The first kappa shape index (κ1) is 14.2. The Kier molecular flexibility index (Phi) is 3.67. The lowest BCUT2D eigenvalue weighted by Crippen LogP contribution is -2.17. The van der Waals surface area contributed by atoms with Gasteiger partial charge < -0.3 is 4.42 Å². The Morgan fingerprint density at radius 3 is 2.67 bits per heavy atom. The molecule has 2 aromatic rings. The molecule has 0 aromatic carbocycles. The molecule has 0 aliphatic heterocycles. The molecule has 106 valence electrons. The molecule has 0 fully saturated rings. The maximum Gasteiger partial charge on any atom is 0.278 e. The van der Waals surface area contributed by atoms with Crippen LogP contribution in [0, 0.1) is 18.3 Å². The van der Waals surface area contributed by atoms with E-state index in [1.165, 1.54) is 19.9 Å². The first-order valence-corrected chi connectivity index (χ1v) is 5.85. The number of aromatic amines is 1. The molecule has 0 atom stereocenters. The summed E-state index contributed by atoms with van der Waals surface area (Å²) in [5.74, 6) is -0.899. The predicted molar refractivity (Wildman–Crippen MR) is 71.0 cm³/mol. The molecule has 2 aromatic heterocycles. The Balaban J connectivity index is 2.36. The number of furan rings is 1. The van der Waals surface area contributed by atoms with E-state index in [0.717, 1.165) is 6.07 Å². The van der Waals surface area contributed by atoms with Gasteiger partial charge in [-0.3, -0.25) is 19.7 Å². The van der Waals surface area contributed by atoms with Gasteiger partial charge in [0.05, 0.1) is 5.56 Å². The fourth-order valence-corrected chi connectivity index (χ4v) is 1.80. The first-order chi connectivity index (χ1) is 9.93. The van der Waals surface area contributed by atoms with Crippen LogP contribution in [0.25, 0.3) is 0 Å². The van der Waals surface area contributed by atoms with Gasteiger partial charge in [-0.05, 0) is 19.9 Å². The molecule has 1 amide bonds. The van der Waals surface area contributed by atoms with Crippen molar-refractivity contribution in [1.29, 1.82) is 5.26 Å². The summed E-state index contributed by atoms with van der Waals surface area (Å²) in [6, 6.07) is 4.19. The van der Waals surface area contributed by atoms with Gasteiger partial charge in [0.1, 0.15) is 23.1 Å². The molecule has 0 aliphatic rings. The third-order valence-electron chi connectivity index (χ3n) is 2.69. The second-order valence-corrected chi connectivity index (χ2v) is 4.17. The minimum absolute atomic E-state index is 0.0437. The number of ketones is 1. The molecular weight excluding hydrogens is 276 g/mol. The third-order valence-corrected chi connectivity index (χ3v) is 2.69. The molecule has 0 radical (unpaired) electrons. The number of nitrogens with zero attached hydrogens (tertiary/aromatic N) is 2. The third kappa shape index (κ3) is 2.71. The van der Waals surface area contributed by atoms with Gasteiger partial charge in [0, 0.05) is 6.07 Å². The summed E-state index contributed by atoms with van der Waals surface area (Å²) in [6.07, 6.45) is 0. The van der Waals surface area contributed by atoms with Crippen LogP contribution in [0.1, 0.15) is 39.1 Å². The summed E-state index contributed by atoms with van der Waals surface area (Å²) in [5, 5.41) is 17.1. The van der Waals surface area contributed by atoms with Gasteiger partial charge in [-0.25, -0.2) is 5.10 Å². The topological polar surface area (TPSA) is 129 Å². The van der Waals surface area contributed by atoms with Crippen molar-refractivity contribution >= 4 is 17.6 Å². The second-order valence-electron chi connectivity index (χ2n) is 4.17. The zero-order valence-corrected chi connectivity index (χ0v) is 11.2. The Hall–Kier alpha value is -3.21. The number of amides is 1. The minimum atomic E-state index is -0.674. The van der Waals surface area contributed by atoms with Crippen LogP contribution in [0.4, 0.5) is 5.88 Å². The molecule has 0 unspecified atom stereocenters. The fourth-order valence-electron chi connectivity index (χ4n) is 1.80. The van der Waals surface area contributed by atoms with Gasteiger partial charge in [0.25, 0.3) is 11.5 Å². The highest BCUT2D eigenvalue weighted by Crippen LogP contribution is 2.26. The van der Waals surface area contributed by atoms with Crippen molar-refractivity contribution in [3.63, 3.8) is 0 Å². The molecule has 0 saturated heterocycles. The van der Waals surface area contributed by atoms with E-state index in [1.807, 2.05) is 6.07 Å². The molecule has 21 heavy (non-hydrogen) atoms. The maximum absolute atomic E-state index is 11.9. The number of anilines is 1. The molecule has 2 heterocycles. The highest BCUT2D eigenvalue weighted by atomic mass is 16.4. The van der Waals surface area contributed by atoms with Crippen LogP contribution >= 0.6 is 0 Å². The number of nitriles is 1. The predicted octanol–water partition coefficient (Wildman–Crippen LogP) is 0.998. The summed E-state index contributed by atoms with van der Waals surface area (Å²) in [6.45, 7) is 2.82. The molecule has 8 heteroatoms. The Bertz CT molecular complexity index is 805. The van der Waals surface area contributed by atoms with E-state index in [1.54, 1.807) is 0 Å². The Morgan fingerprint density at radius 2 is 2.14 bits per heavy atom. The SMILES string of the molecule is CC(=O)c1c(C)oc(NC(=O)c2ccc(=O)[nH]n2)c1C#N. The van der Waals surface area contributed by atoms with Gasteiger partial charge in [-0.1, -0.05) is 0 Å². The van der Waals surface area contributed by atoms with E-state index in [9.17, 15) is 14.4 Å². The van der Waals surface area contributed by atoms with Gasteiger partial charge in [-0.2, -0.15) is 10.4 Å². The molecule has 0 aliphatic carbocycles. The number of nitrogens with one attached hydrogen (secondary N) is 2. The number of aromatic nitrogens is 2. The molecule has 0 bridgehead atoms. The zero-order chi connectivity index (χ0) is 15.6. The minimum Gasteiger partial charge on any atom is -0.443 e. The standard InChI is InChI=1S/C13H10N4O4/c1-6(18)11-7(2)21-13(8(11)5-14)15-12(20)9-3-4-10(19)17-16-9/h3-4H,1-2H3,(H,15,20)(H,17,19). The van der Waals surface area contributed by atoms with Crippen LogP contribution in [-0.4, -0.2) is 21.9 Å². The van der Waals surface area contributed by atoms with Crippen molar-refractivity contribution in [3.05, 3.63) is 45.1 Å². The van der Waals surface area contributed by atoms with E-state index < -0.39 is 11.5 Å². The molecule has 0 saturated carbocycles. The van der Waals surface area contributed by atoms with E-state index in [4.69, 9.17) is 9.68 Å². The van der Waals surface area contributed by atoms with Crippen LogP contribution in [0.15, 0.2) is 21.3 Å². The highest BCUT2D eigenvalue weighted by molar-refractivity contribution is 6.05. The number of rotatable bonds is 3. The number of hydrogen-bond acceptors (Lipinski definition) is 6. The first-order valence-electron chi connectivity index (χ1n) is 5.85. The summed E-state index contributed by atoms with van der Waals surface area (Å²) in [5.41, 5.74) is -0.422. The quantitative estimate of drug-likeness (QED) is 0.809. The maximum atomic E-state index is 11.9. The molecule has 2 rings (SSSR count). The fraction of sp³-hybridized carbons (Fsp3) is 0.154. The van der Waals surface area contributed by atoms with E-state index >= 15 is 0 Å². The van der Waals surface area contributed by atoms with Crippen molar-refractivity contribution in [1.82, 2.24) is 10.2 Å². The van der Waals surface area contributed by atoms with Gasteiger partial charge in [-0.15, -0.1) is 0 Å². The molecule has 0 spiro atoms. The van der Waals surface area contributed by atoms with Gasteiger partial charge in [0.15, 0.2) is 5.78 Å². The van der Waals surface area contributed by atoms with Crippen LogP contribution in [-0.2, 0) is 0 Å². The monoisotopic (exact) mass is 286 g/mol. The number of hydrogen-bond donors (Lipinski definition) is 2. The van der Waals surface area contributed by atoms with E-state index in [2.05, 4.69) is 15.5 Å². The van der Waals surface area contributed by atoms with Crippen LogP contribution in [0.5, 0.6) is 0 Å². The smallest absolute Gasteiger partial charge is 0.278 e. The Labute approximate surface area is 118 Å². The average Bonchev–Trinajstić information content (AvgIpc) is 2.75. The van der Waals surface area contributed by atoms with Crippen molar-refractivity contribution in [2.45, 2.75) is 13.8 Å². The van der Waals surface area contributed by atoms with Crippen molar-refractivity contribution in [2.75, 3.05) is 5.32 Å². The number of H-pyrrole nitrogens is 1. The number of carbonyl (C=O) groups is 2. The zero-order valence-electron chi connectivity index (χ0n) is 11.2. The summed E-state index contributed by atoms with van der Waals surface area (Å²) in [4.78, 5) is 34.3. The average molecular weight is 286 g/mol. The van der Waals surface area contributed by atoms with Gasteiger partial charge in [0.2, 0.25) is 5.88 Å². The van der Waals surface area contributed by atoms with Crippen LogP contribution in [0.2, 0.25) is 0 Å². The largest absolute Gasteiger partial charge is 0.443 e. The van der Waals surface area contributed by atoms with Gasteiger partial charge >= 0.3 is 0 Å². The van der Waals surface area contributed by atoms with Crippen LogP contribution < -0.4 is 10.9 Å². The normalized spacial score (nSPS) is 9.95. The van der Waals surface area contributed by atoms with E-state index in [0.29, 0.717) is 0 Å². The lowest BCUT2D eigenvalue weighted by atomic mass is 10.1. The molecule has 2 N–H and O–H groups in total. The second kappa shape index (κ2) is 5.42. The summed E-state index contributed by atoms with van der Waals surface area (Å²) in [7, 11) is 0. The number of Topliss-reactive ketones (excluding diaryl/α,β-unsaturated/α-hetero) is 1. The number of aryl methyl sites for hydroxylation is 1. The summed E-state index contributed by atoms with van der Waals surface area (Å²) >= 11 is 0. The van der Waals surface area contributed by atoms with Crippen molar-refractivity contribution < 1.29 is 14.0 Å². The lowest BCUT2D eigenvalue weighted by Gasteiger charge is -2.00. The number of carbonyl (C=O) groups excluding carboxylic acids is 2. The van der Waals surface area contributed by atoms with Crippen LogP contribution in [0.3, 0.4) is 0 Å². The molecule has 8 nitrogen and oxygen atoms in total. The lowest BCUT2D eigenvalue weighted by molar-refractivity contribution is 0.100. The molecular formula is C13H10N4O4. The Morgan fingerprint density at radius 1 is 1.43 bits per heavy atom. The van der Waals surface area contributed by atoms with Crippen molar-refractivity contribution in [3.8, 4) is 6.07 Å².